The molecule has 9 heteroatoms. The van der Waals surface area contributed by atoms with Crippen LogP contribution in [-0.2, 0) is 0 Å². The van der Waals surface area contributed by atoms with Crippen LogP contribution < -0.4 is 5.32 Å². The Balaban J connectivity index is 1.94. The predicted octanol–water partition coefficient (Wildman–Crippen LogP) is 4.76. The SMILES string of the molecule is O=C(Nc1nc(-c2c(F)c(F)c(F)c(F)c2F)cs1)c1ccccc1. The molecule has 0 bridgehead atoms. The maximum atomic E-state index is 13.8. The van der Waals surface area contributed by atoms with Crippen molar-refractivity contribution in [3.05, 3.63) is 70.4 Å². The van der Waals surface area contributed by atoms with Crippen LogP contribution in [0.5, 0.6) is 0 Å². The van der Waals surface area contributed by atoms with Crippen molar-refractivity contribution in [3.63, 3.8) is 0 Å². The van der Waals surface area contributed by atoms with E-state index in [1.165, 1.54) is 12.1 Å². The van der Waals surface area contributed by atoms with E-state index < -0.39 is 46.3 Å². The Morgan fingerprint density at radius 1 is 0.880 bits per heavy atom. The Bertz CT molecular complexity index is 930. The molecule has 3 rings (SSSR count). The number of carbonyl (C=O) groups is 1. The van der Waals surface area contributed by atoms with Crippen molar-refractivity contribution in [1.29, 1.82) is 0 Å². The second-order valence-corrected chi connectivity index (χ2v) is 5.66. The summed E-state index contributed by atoms with van der Waals surface area (Å²) in [5, 5.41) is 3.42. The molecule has 3 nitrogen and oxygen atoms in total. The van der Waals surface area contributed by atoms with Crippen molar-refractivity contribution in [2.24, 2.45) is 0 Å². The van der Waals surface area contributed by atoms with Crippen LogP contribution in [0.25, 0.3) is 11.3 Å². The van der Waals surface area contributed by atoms with Crippen molar-refractivity contribution in [2.75, 3.05) is 5.32 Å². The highest BCUT2D eigenvalue weighted by molar-refractivity contribution is 7.14. The fraction of sp³-hybridized carbons (Fsp3) is 0. The van der Waals surface area contributed by atoms with Gasteiger partial charge in [0.15, 0.2) is 28.4 Å². The van der Waals surface area contributed by atoms with E-state index in [4.69, 9.17) is 0 Å². The molecule has 1 amide bonds. The molecule has 0 radical (unpaired) electrons. The summed E-state index contributed by atoms with van der Waals surface area (Å²) in [5.74, 6) is -10.9. The summed E-state index contributed by atoms with van der Waals surface area (Å²) in [7, 11) is 0. The molecule has 0 fully saturated rings. The molecule has 3 aromatic rings. The van der Waals surface area contributed by atoms with E-state index >= 15 is 0 Å². The number of amides is 1. The van der Waals surface area contributed by atoms with Crippen LogP contribution in [0.4, 0.5) is 27.1 Å². The molecule has 0 aliphatic carbocycles. The van der Waals surface area contributed by atoms with Gasteiger partial charge in [0.05, 0.1) is 11.3 Å². The fourth-order valence-corrected chi connectivity index (χ4v) is 2.73. The molecule has 1 heterocycles. The molecule has 1 N–H and O–H groups in total. The Morgan fingerprint density at radius 3 is 2.04 bits per heavy atom. The molecule has 128 valence electrons. The van der Waals surface area contributed by atoms with E-state index in [1.54, 1.807) is 18.2 Å². The zero-order valence-corrected chi connectivity index (χ0v) is 12.9. The molecule has 1 aromatic heterocycles. The Kier molecular flexibility index (Phi) is 4.49. The minimum absolute atomic E-state index is 0.0483. The normalized spacial score (nSPS) is 10.8. The van der Waals surface area contributed by atoms with Crippen LogP contribution in [0.2, 0.25) is 0 Å². The number of benzene rings is 2. The fourth-order valence-electron chi connectivity index (χ4n) is 2.03. The summed E-state index contributed by atoms with van der Waals surface area (Å²) in [6, 6.07) is 8.05. The van der Waals surface area contributed by atoms with Crippen molar-refractivity contribution in [2.45, 2.75) is 0 Å². The monoisotopic (exact) mass is 370 g/mol. The lowest BCUT2D eigenvalue weighted by Crippen LogP contribution is -2.11. The Hall–Kier alpha value is -2.81. The number of anilines is 1. The third-order valence-corrected chi connectivity index (χ3v) is 3.98. The summed E-state index contributed by atoms with van der Waals surface area (Å²) >= 11 is 0.786. The van der Waals surface area contributed by atoms with Crippen LogP contribution in [0, 0.1) is 29.1 Å². The minimum atomic E-state index is -2.24. The molecule has 0 spiro atoms. The van der Waals surface area contributed by atoms with E-state index in [9.17, 15) is 26.7 Å². The third-order valence-electron chi connectivity index (χ3n) is 3.23. The summed E-state index contributed by atoms with van der Waals surface area (Å²) in [6.45, 7) is 0. The predicted molar refractivity (Wildman–Crippen MR) is 81.7 cm³/mol. The maximum Gasteiger partial charge on any atom is 0.257 e. The van der Waals surface area contributed by atoms with Gasteiger partial charge in [0.25, 0.3) is 5.91 Å². The Morgan fingerprint density at radius 2 is 1.44 bits per heavy atom. The molecular weight excluding hydrogens is 363 g/mol. The van der Waals surface area contributed by atoms with Crippen molar-refractivity contribution < 1.29 is 26.7 Å². The third kappa shape index (κ3) is 3.10. The summed E-state index contributed by atoms with van der Waals surface area (Å²) < 4.78 is 67.2. The molecule has 0 aliphatic heterocycles. The number of hydrogen-bond donors (Lipinski definition) is 1. The van der Waals surface area contributed by atoms with E-state index in [1.807, 2.05) is 0 Å². The van der Waals surface area contributed by atoms with Crippen molar-refractivity contribution in [1.82, 2.24) is 4.98 Å². The van der Waals surface area contributed by atoms with Crippen LogP contribution in [-0.4, -0.2) is 10.9 Å². The van der Waals surface area contributed by atoms with Crippen molar-refractivity contribution in [3.8, 4) is 11.3 Å². The average molecular weight is 370 g/mol. The van der Waals surface area contributed by atoms with Crippen molar-refractivity contribution >= 4 is 22.4 Å². The van der Waals surface area contributed by atoms with Gasteiger partial charge >= 0.3 is 0 Å². The summed E-state index contributed by atoms with van der Waals surface area (Å²) in [4.78, 5) is 15.7. The van der Waals surface area contributed by atoms with Crippen LogP contribution in [0.1, 0.15) is 10.4 Å². The van der Waals surface area contributed by atoms with Gasteiger partial charge in [-0.15, -0.1) is 11.3 Å². The van der Waals surface area contributed by atoms with E-state index in [2.05, 4.69) is 10.3 Å². The molecule has 0 saturated carbocycles. The second kappa shape index (κ2) is 6.60. The minimum Gasteiger partial charge on any atom is -0.298 e. The highest BCUT2D eigenvalue weighted by Crippen LogP contribution is 2.33. The van der Waals surface area contributed by atoms with Gasteiger partial charge < -0.3 is 0 Å². The van der Waals surface area contributed by atoms with E-state index in [-0.39, 0.29) is 5.13 Å². The maximum absolute atomic E-state index is 13.8. The Labute approximate surface area is 141 Å². The zero-order valence-electron chi connectivity index (χ0n) is 12.1. The summed E-state index contributed by atoms with van der Waals surface area (Å²) in [6.07, 6.45) is 0. The van der Waals surface area contributed by atoms with Gasteiger partial charge in [-0.1, -0.05) is 18.2 Å². The molecular formula is C16H7F5N2OS. The van der Waals surface area contributed by atoms with Gasteiger partial charge in [-0.25, -0.2) is 26.9 Å². The lowest BCUT2D eigenvalue weighted by Gasteiger charge is -2.05. The van der Waals surface area contributed by atoms with Gasteiger partial charge in [-0.2, -0.15) is 0 Å². The molecule has 0 atom stereocenters. The first kappa shape index (κ1) is 17.0. The molecule has 25 heavy (non-hydrogen) atoms. The molecule has 0 aliphatic rings. The second-order valence-electron chi connectivity index (χ2n) is 4.80. The molecule has 0 saturated heterocycles. The first-order valence-corrected chi connectivity index (χ1v) is 7.62. The number of halogens is 5. The first-order valence-electron chi connectivity index (χ1n) is 6.74. The van der Waals surface area contributed by atoms with E-state index in [0.717, 1.165) is 16.7 Å². The highest BCUT2D eigenvalue weighted by Gasteiger charge is 2.28. The standard InChI is InChI=1S/C16H7F5N2OS/c17-10-9(11(18)13(20)14(21)12(10)19)8-6-25-16(22-8)23-15(24)7-4-2-1-3-5-7/h1-6H,(H,22,23,24). The quantitative estimate of drug-likeness (QED) is 0.410. The highest BCUT2D eigenvalue weighted by atomic mass is 32.1. The number of hydrogen-bond acceptors (Lipinski definition) is 3. The lowest BCUT2D eigenvalue weighted by atomic mass is 10.1. The molecule has 0 unspecified atom stereocenters. The number of nitrogens with zero attached hydrogens (tertiary/aromatic N) is 1. The largest absolute Gasteiger partial charge is 0.298 e. The lowest BCUT2D eigenvalue weighted by molar-refractivity contribution is 0.102. The number of thiazole rings is 1. The number of rotatable bonds is 3. The zero-order chi connectivity index (χ0) is 18.1. The van der Waals surface area contributed by atoms with Crippen LogP contribution >= 0.6 is 11.3 Å². The first-order chi connectivity index (χ1) is 11.9. The number of aromatic nitrogens is 1. The molecule has 2 aromatic carbocycles. The summed E-state index contributed by atoms with van der Waals surface area (Å²) in [5.41, 5.74) is -1.30. The topological polar surface area (TPSA) is 42.0 Å². The number of nitrogens with one attached hydrogen (secondary N) is 1. The van der Waals surface area contributed by atoms with Crippen LogP contribution in [0.15, 0.2) is 35.7 Å². The van der Waals surface area contributed by atoms with Crippen LogP contribution in [0.3, 0.4) is 0 Å². The van der Waals surface area contributed by atoms with Gasteiger partial charge in [0.2, 0.25) is 5.82 Å². The smallest absolute Gasteiger partial charge is 0.257 e. The van der Waals surface area contributed by atoms with Gasteiger partial charge in [0, 0.05) is 10.9 Å². The number of carbonyl (C=O) groups excluding carboxylic acids is 1. The van der Waals surface area contributed by atoms with Gasteiger partial charge in [-0.05, 0) is 12.1 Å². The average Bonchev–Trinajstić information content (AvgIpc) is 3.07. The van der Waals surface area contributed by atoms with Gasteiger partial charge in [0.1, 0.15) is 0 Å². The van der Waals surface area contributed by atoms with E-state index in [0.29, 0.717) is 5.56 Å². The van der Waals surface area contributed by atoms with Gasteiger partial charge in [-0.3, -0.25) is 10.1 Å².